The summed E-state index contributed by atoms with van der Waals surface area (Å²) < 4.78 is 35.8. The number of rotatable bonds is 13. The van der Waals surface area contributed by atoms with E-state index in [2.05, 4.69) is 10.0 Å². The van der Waals surface area contributed by atoms with Crippen LogP contribution in [0, 0.1) is 0 Å². The Morgan fingerprint density at radius 1 is 0.733 bits per heavy atom. The van der Waals surface area contributed by atoms with Gasteiger partial charge in [0, 0.05) is 32.2 Å². The molecule has 1 saturated heterocycles. The average Bonchev–Trinajstić information content (AvgIpc) is 3.03. The molecule has 0 spiro atoms. The fraction of sp³-hybridized carbons (Fsp3) is 0.364. The van der Waals surface area contributed by atoms with Gasteiger partial charge in [-0.15, -0.1) is 0 Å². The summed E-state index contributed by atoms with van der Waals surface area (Å²) in [5.41, 5.74) is 9.98. The first-order chi connectivity index (χ1) is 21.8. The number of carbonyl (C=O) groups excluding carboxylic acids is 3. The molecular formula is C33H35N3O9. The lowest BCUT2D eigenvalue weighted by atomic mass is 9.80. The molecule has 236 valence electrons. The second kappa shape index (κ2) is 15.8. The summed E-state index contributed by atoms with van der Waals surface area (Å²) in [6.07, 6.45) is -6.27. The van der Waals surface area contributed by atoms with Gasteiger partial charge in [0.25, 0.3) is 0 Å². The molecule has 0 unspecified atom stereocenters. The first-order valence-corrected chi connectivity index (χ1v) is 14.4. The summed E-state index contributed by atoms with van der Waals surface area (Å²) in [7, 11) is 0. The van der Waals surface area contributed by atoms with E-state index in [1.54, 1.807) is 0 Å². The Hall–Kier alpha value is -4.74. The molecule has 4 rings (SSSR count). The number of carbonyl (C=O) groups is 3. The van der Waals surface area contributed by atoms with E-state index < -0.39 is 54.2 Å². The van der Waals surface area contributed by atoms with Crippen molar-refractivity contribution in [2.75, 3.05) is 19.8 Å². The van der Waals surface area contributed by atoms with E-state index in [1.807, 2.05) is 91.0 Å². The van der Waals surface area contributed by atoms with Crippen LogP contribution in [0.4, 0.5) is 0 Å². The normalized spacial score (nSPS) is 21.2. The van der Waals surface area contributed by atoms with Gasteiger partial charge in [-0.25, -0.2) is 0 Å². The molecule has 0 bridgehead atoms. The summed E-state index contributed by atoms with van der Waals surface area (Å²) in [6.45, 7) is 3.21. The van der Waals surface area contributed by atoms with Crippen molar-refractivity contribution in [1.82, 2.24) is 0 Å². The molecule has 0 N–H and O–H groups in total. The Labute approximate surface area is 260 Å². The lowest BCUT2D eigenvalue weighted by molar-refractivity contribution is -0.310. The molecule has 12 heteroatoms. The Kier molecular flexibility index (Phi) is 11.7. The molecule has 1 aliphatic rings. The van der Waals surface area contributed by atoms with Crippen molar-refractivity contribution < 1.29 is 42.8 Å². The van der Waals surface area contributed by atoms with E-state index in [0.29, 0.717) is 0 Å². The fourth-order valence-electron chi connectivity index (χ4n) is 5.35. The minimum atomic E-state index is -1.32. The van der Waals surface area contributed by atoms with E-state index in [9.17, 15) is 14.4 Å². The third-order valence-corrected chi connectivity index (χ3v) is 7.04. The Morgan fingerprint density at radius 3 is 1.62 bits per heavy atom. The fourth-order valence-corrected chi connectivity index (χ4v) is 5.35. The molecule has 1 fully saturated rings. The van der Waals surface area contributed by atoms with E-state index in [4.69, 9.17) is 34.0 Å². The number of azide groups is 1. The topological polar surface area (TPSA) is 155 Å². The van der Waals surface area contributed by atoms with Crippen LogP contribution >= 0.6 is 0 Å². The highest BCUT2D eigenvalue weighted by molar-refractivity contribution is 5.68. The predicted octanol–water partition coefficient (Wildman–Crippen LogP) is 4.84. The van der Waals surface area contributed by atoms with Gasteiger partial charge in [-0.3, -0.25) is 14.4 Å². The van der Waals surface area contributed by atoms with Gasteiger partial charge in [0.1, 0.15) is 11.7 Å². The maximum Gasteiger partial charge on any atom is 0.303 e. The van der Waals surface area contributed by atoms with Crippen LogP contribution in [0.15, 0.2) is 96.1 Å². The van der Waals surface area contributed by atoms with Gasteiger partial charge in [0.05, 0.1) is 13.2 Å². The summed E-state index contributed by atoms with van der Waals surface area (Å²) in [5.74, 6) is -2.11. The predicted molar refractivity (Wildman–Crippen MR) is 160 cm³/mol. The lowest BCUT2D eigenvalue weighted by Gasteiger charge is -2.45. The molecule has 12 nitrogen and oxygen atoms in total. The first-order valence-electron chi connectivity index (χ1n) is 14.4. The highest BCUT2D eigenvalue weighted by Gasteiger charge is 2.53. The number of ether oxygens (including phenoxy) is 6. The molecular weight excluding hydrogens is 582 g/mol. The van der Waals surface area contributed by atoms with Gasteiger partial charge in [-0.05, 0) is 22.2 Å². The van der Waals surface area contributed by atoms with Crippen molar-refractivity contribution in [3.05, 3.63) is 118 Å². The average molecular weight is 618 g/mol. The second-order valence-corrected chi connectivity index (χ2v) is 10.2. The number of esters is 3. The minimum absolute atomic E-state index is 0.0466. The molecule has 45 heavy (non-hydrogen) atoms. The molecule has 3 aromatic carbocycles. The minimum Gasteiger partial charge on any atom is -0.456 e. The van der Waals surface area contributed by atoms with E-state index in [0.717, 1.165) is 16.7 Å². The van der Waals surface area contributed by atoms with Crippen LogP contribution in [0.1, 0.15) is 37.5 Å². The quantitative estimate of drug-likeness (QED) is 0.0498. The maximum atomic E-state index is 12.4. The van der Waals surface area contributed by atoms with E-state index in [1.165, 1.54) is 20.8 Å². The second-order valence-electron chi connectivity index (χ2n) is 10.2. The van der Waals surface area contributed by atoms with Crippen molar-refractivity contribution >= 4 is 17.9 Å². The molecule has 1 aliphatic heterocycles. The van der Waals surface area contributed by atoms with Crippen LogP contribution < -0.4 is 0 Å². The summed E-state index contributed by atoms with van der Waals surface area (Å²) in [4.78, 5) is 39.5. The zero-order valence-corrected chi connectivity index (χ0v) is 25.2. The lowest BCUT2D eigenvalue weighted by Crippen LogP contribution is -2.63. The van der Waals surface area contributed by atoms with E-state index in [-0.39, 0.29) is 19.8 Å². The van der Waals surface area contributed by atoms with Crippen LogP contribution in [0.3, 0.4) is 0 Å². The maximum absolute atomic E-state index is 12.4. The Bertz CT molecular complexity index is 1370. The third-order valence-electron chi connectivity index (χ3n) is 7.04. The summed E-state index contributed by atoms with van der Waals surface area (Å²) in [5, 5.41) is 3.47. The molecule has 0 saturated carbocycles. The van der Waals surface area contributed by atoms with Crippen LogP contribution in [-0.2, 0) is 48.4 Å². The van der Waals surface area contributed by atoms with Gasteiger partial charge < -0.3 is 28.4 Å². The highest BCUT2D eigenvalue weighted by Crippen LogP contribution is 2.41. The SMILES string of the molecule is CC(=O)O[C@@H]1[C@@H](OC(C)=O)[C@@H](OCCN=[N+]=[N-])O[C@@H](COC(c2ccccc2)(c2ccccc2)c2ccccc2)[C@H]1OC(C)=O. The molecule has 0 aliphatic carbocycles. The van der Waals surface area contributed by atoms with E-state index >= 15 is 0 Å². The zero-order valence-electron chi connectivity index (χ0n) is 25.2. The molecule has 0 amide bonds. The number of nitrogens with zero attached hydrogens (tertiary/aromatic N) is 3. The van der Waals surface area contributed by atoms with Crippen LogP contribution in [0.5, 0.6) is 0 Å². The summed E-state index contributed by atoms with van der Waals surface area (Å²) in [6, 6.07) is 28.9. The van der Waals surface area contributed by atoms with Crippen molar-refractivity contribution in [2.45, 2.75) is 57.1 Å². The highest BCUT2D eigenvalue weighted by atomic mass is 16.7. The largest absolute Gasteiger partial charge is 0.456 e. The Morgan fingerprint density at radius 2 is 1.18 bits per heavy atom. The molecule has 5 atom stereocenters. The van der Waals surface area contributed by atoms with Crippen molar-refractivity contribution in [3.8, 4) is 0 Å². The standard InChI is InChI=1S/C33H35N3O9/c1-22(37)42-29-28(45-32(40-20-19-35-36-34)31(44-24(3)39)30(29)43-23(2)38)21-41-33(25-13-7-4-8-14-25,26-15-9-5-10-16-26)27-17-11-6-12-18-27/h4-18,28-32H,19-21H2,1-3H3/t28-,29+,30-,31+,32-/m0/s1. The van der Waals surface area contributed by atoms with Crippen LogP contribution in [-0.4, -0.2) is 68.4 Å². The molecule has 3 aromatic rings. The molecule has 1 heterocycles. The van der Waals surface area contributed by atoms with Gasteiger partial charge in [0.2, 0.25) is 0 Å². The summed E-state index contributed by atoms with van der Waals surface area (Å²) >= 11 is 0. The van der Waals surface area contributed by atoms with Crippen molar-refractivity contribution in [2.24, 2.45) is 5.11 Å². The van der Waals surface area contributed by atoms with Gasteiger partial charge in [0.15, 0.2) is 24.6 Å². The van der Waals surface area contributed by atoms with Crippen LogP contribution in [0.2, 0.25) is 0 Å². The third kappa shape index (κ3) is 8.25. The van der Waals surface area contributed by atoms with Crippen molar-refractivity contribution in [3.63, 3.8) is 0 Å². The first kappa shape index (κ1) is 33.2. The number of benzene rings is 3. The van der Waals surface area contributed by atoms with Crippen LogP contribution in [0.25, 0.3) is 10.4 Å². The smallest absolute Gasteiger partial charge is 0.303 e. The molecule has 0 radical (unpaired) electrons. The number of hydrogen-bond acceptors (Lipinski definition) is 10. The number of hydrogen-bond donors (Lipinski definition) is 0. The van der Waals surface area contributed by atoms with Crippen molar-refractivity contribution in [1.29, 1.82) is 0 Å². The van der Waals surface area contributed by atoms with Gasteiger partial charge in [-0.2, -0.15) is 0 Å². The molecule has 0 aromatic heterocycles. The van der Waals surface area contributed by atoms with Gasteiger partial charge in [-0.1, -0.05) is 96.1 Å². The zero-order chi connectivity index (χ0) is 32.2. The monoisotopic (exact) mass is 617 g/mol. The Balaban J connectivity index is 1.80. The van der Waals surface area contributed by atoms with Gasteiger partial charge >= 0.3 is 17.9 Å².